The number of carbonyl (C=O) groups is 2. The van der Waals surface area contributed by atoms with Gasteiger partial charge in [0.15, 0.2) is 11.5 Å². The highest BCUT2D eigenvalue weighted by Gasteiger charge is 2.40. The van der Waals surface area contributed by atoms with Crippen LogP contribution < -0.4 is 15.5 Å². The Hall–Kier alpha value is -5.05. The third kappa shape index (κ3) is 4.98. The molecule has 0 spiro atoms. The molecule has 2 aliphatic heterocycles. The number of anilines is 2. The monoisotopic (exact) mass is 616 g/mol. The Labute approximate surface area is 253 Å². The highest BCUT2D eigenvalue weighted by atomic mass is 32.1. The minimum absolute atomic E-state index is 0.0399. The van der Waals surface area contributed by atoms with Crippen molar-refractivity contribution in [2.45, 2.75) is 24.9 Å². The SMILES string of the molecule is CN1CCCNC(=O)c2scnc2-c2cccc(n2)N[C@H]2C[C@@H](C1=O)N(c1ncnc3c1cnn3-c1ccc(F)cc1F)C2. The van der Waals surface area contributed by atoms with Gasteiger partial charge in [-0.25, -0.2) is 33.4 Å². The van der Waals surface area contributed by atoms with Gasteiger partial charge in [-0.1, -0.05) is 6.07 Å². The van der Waals surface area contributed by atoms with E-state index < -0.39 is 17.7 Å². The molecule has 2 N–H and O–H groups in total. The number of hydrogen-bond acceptors (Lipinski definition) is 10. The zero-order valence-electron chi connectivity index (χ0n) is 23.4. The van der Waals surface area contributed by atoms with Crippen LogP contribution in [0.1, 0.15) is 22.5 Å². The first-order chi connectivity index (χ1) is 21.4. The third-order valence-electron chi connectivity index (χ3n) is 7.79. The van der Waals surface area contributed by atoms with Gasteiger partial charge in [-0.2, -0.15) is 5.10 Å². The molecule has 7 rings (SSSR count). The molecule has 2 amide bonds. The smallest absolute Gasteiger partial charge is 0.263 e. The topological polar surface area (TPSA) is 134 Å². The fourth-order valence-corrected chi connectivity index (χ4v) is 6.42. The number of nitrogens with zero attached hydrogens (tertiary/aromatic N) is 8. The Morgan fingerprint density at radius 2 is 1.98 bits per heavy atom. The molecular weight excluding hydrogens is 590 g/mol. The maximum absolute atomic E-state index is 14.7. The van der Waals surface area contributed by atoms with Crippen molar-refractivity contribution in [2.75, 3.05) is 36.9 Å². The Bertz CT molecular complexity index is 1900. The predicted octanol–water partition coefficient (Wildman–Crippen LogP) is 3.26. The number of thiazole rings is 1. The quantitative estimate of drug-likeness (QED) is 0.307. The molecule has 1 saturated heterocycles. The Morgan fingerprint density at radius 3 is 2.84 bits per heavy atom. The lowest BCUT2D eigenvalue weighted by atomic mass is 10.1. The maximum atomic E-state index is 14.7. The minimum atomic E-state index is -0.782. The molecule has 224 valence electrons. The van der Waals surface area contributed by atoms with Crippen molar-refractivity contribution in [3.05, 3.63) is 70.9 Å². The van der Waals surface area contributed by atoms with Crippen molar-refractivity contribution in [2.24, 2.45) is 0 Å². The average Bonchev–Trinajstić information content (AvgIpc) is 3.77. The summed E-state index contributed by atoms with van der Waals surface area (Å²) >= 11 is 1.25. The first kappa shape index (κ1) is 27.8. The van der Waals surface area contributed by atoms with E-state index >= 15 is 0 Å². The zero-order valence-corrected chi connectivity index (χ0v) is 24.3. The highest BCUT2D eigenvalue weighted by Crippen LogP contribution is 2.33. The van der Waals surface area contributed by atoms with E-state index in [1.807, 2.05) is 23.1 Å². The van der Waals surface area contributed by atoms with E-state index in [1.165, 1.54) is 34.6 Å². The summed E-state index contributed by atoms with van der Waals surface area (Å²) in [5.74, 6) is -0.775. The van der Waals surface area contributed by atoms with E-state index in [9.17, 15) is 18.4 Å². The molecule has 44 heavy (non-hydrogen) atoms. The number of halogens is 2. The fraction of sp³-hybridized carbons (Fsp3) is 0.276. The van der Waals surface area contributed by atoms with Crippen LogP contribution in [-0.4, -0.2) is 85.2 Å². The molecule has 6 heterocycles. The second-order valence-corrected chi connectivity index (χ2v) is 11.5. The van der Waals surface area contributed by atoms with Crippen LogP contribution in [-0.2, 0) is 4.79 Å². The summed E-state index contributed by atoms with van der Waals surface area (Å²) in [6.07, 6.45) is 3.88. The van der Waals surface area contributed by atoms with Gasteiger partial charge in [-0.15, -0.1) is 11.3 Å². The van der Waals surface area contributed by atoms with E-state index in [4.69, 9.17) is 4.98 Å². The standard InChI is InChI=1S/C29H26F2N10O2S/c1-39-9-3-8-32-28(42)25-24(35-15-44-25)20-4-2-5-23(38-20)37-17-11-22(29(39)43)40(13-17)26-18-12-36-41(27(18)34-14-33-26)21-7-6-16(30)10-19(21)31/h2,4-7,10,12,14-15,17,22H,3,8-9,11,13H2,1H3,(H,32,42)(H,37,38)/t17-,22-/m0/s1. The number of fused-ring (bicyclic) bond motifs is 7. The molecule has 2 atom stereocenters. The van der Waals surface area contributed by atoms with Gasteiger partial charge >= 0.3 is 0 Å². The Kier molecular flexibility index (Phi) is 7.08. The van der Waals surface area contributed by atoms with E-state index in [1.54, 1.807) is 17.5 Å². The predicted molar refractivity (Wildman–Crippen MR) is 160 cm³/mol. The number of likely N-dealkylation sites (N-methyl/N-ethyl adjacent to an activating group) is 1. The second-order valence-electron chi connectivity index (χ2n) is 10.6. The molecule has 15 heteroatoms. The van der Waals surface area contributed by atoms with Crippen LogP contribution in [0.4, 0.5) is 20.4 Å². The van der Waals surface area contributed by atoms with Gasteiger partial charge in [0.1, 0.15) is 46.1 Å². The zero-order chi connectivity index (χ0) is 30.4. The van der Waals surface area contributed by atoms with Crippen LogP contribution in [0.15, 0.2) is 54.4 Å². The number of hydrogen-bond donors (Lipinski definition) is 2. The van der Waals surface area contributed by atoms with Gasteiger partial charge in [0.25, 0.3) is 5.91 Å². The molecule has 2 aliphatic rings. The average molecular weight is 617 g/mol. The van der Waals surface area contributed by atoms with Crippen molar-refractivity contribution in [3.8, 4) is 17.1 Å². The van der Waals surface area contributed by atoms with Gasteiger partial charge < -0.3 is 20.4 Å². The maximum Gasteiger partial charge on any atom is 0.263 e. The number of rotatable bonds is 2. The Balaban J connectivity index is 1.26. The lowest BCUT2D eigenvalue weighted by molar-refractivity contribution is -0.131. The van der Waals surface area contributed by atoms with Crippen LogP contribution >= 0.6 is 11.3 Å². The van der Waals surface area contributed by atoms with E-state index in [0.717, 1.165) is 12.1 Å². The lowest BCUT2D eigenvalue weighted by Crippen LogP contribution is -2.45. The molecule has 4 aromatic heterocycles. The van der Waals surface area contributed by atoms with Crippen LogP contribution in [0.5, 0.6) is 0 Å². The van der Waals surface area contributed by atoms with Crippen LogP contribution in [0.2, 0.25) is 0 Å². The molecule has 0 aliphatic carbocycles. The third-order valence-corrected chi connectivity index (χ3v) is 8.62. The summed E-state index contributed by atoms with van der Waals surface area (Å²) in [7, 11) is 1.74. The normalized spacial score (nSPS) is 19.2. The van der Waals surface area contributed by atoms with Gasteiger partial charge in [-0.3, -0.25) is 9.59 Å². The summed E-state index contributed by atoms with van der Waals surface area (Å²) in [5, 5.41) is 11.2. The first-order valence-electron chi connectivity index (χ1n) is 14.0. The Morgan fingerprint density at radius 1 is 1.09 bits per heavy atom. The molecule has 0 unspecified atom stereocenters. The van der Waals surface area contributed by atoms with Crippen LogP contribution in [0.25, 0.3) is 28.1 Å². The number of aromatic nitrogens is 6. The molecule has 12 nitrogen and oxygen atoms in total. The molecule has 1 aromatic carbocycles. The van der Waals surface area contributed by atoms with Gasteiger partial charge in [0.2, 0.25) is 5.91 Å². The van der Waals surface area contributed by atoms with Crippen molar-refractivity contribution >= 4 is 45.8 Å². The summed E-state index contributed by atoms with van der Waals surface area (Å²) < 4.78 is 29.6. The van der Waals surface area contributed by atoms with Gasteiger partial charge in [0, 0.05) is 38.8 Å². The summed E-state index contributed by atoms with van der Waals surface area (Å²) in [6.45, 7) is 1.21. The second kappa shape index (κ2) is 11.2. The number of nitrogens with one attached hydrogen (secondary N) is 2. The summed E-state index contributed by atoms with van der Waals surface area (Å²) in [6, 6.07) is 7.94. The largest absolute Gasteiger partial charge is 0.365 e. The van der Waals surface area contributed by atoms with Crippen molar-refractivity contribution < 1.29 is 18.4 Å². The molecule has 0 saturated carbocycles. The molecule has 1 fully saturated rings. The number of pyridine rings is 1. The van der Waals surface area contributed by atoms with E-state index in [-0.39, 0.29) is 23.5 Å². The van der Waals surface area contributed by atoms with Gasteiger partial charge in [0.05, 0.1) is 22.8 Å². The lowest BCUT2D eigenvalue weighted by Gasteiger charge is -2.28. The fourth-order valence-electron chi connectivity index (χ4n) is 5.71. The van der Waals surface area contributed by atoms with E-state index in [2.05, 4.69) is 30.7 Å². The minimum Gasteiger partial charge on any atom is -0.365 e. The highest BCUT2D eigenvalue weighted by molar-refractivity contribution is 7.12. The molecule has 0 radical (unpaired) electrons. The van der Waals surface area contributed by atoms with Gasteiger partial charge in [-0.05, 0) is 37.1 Å². The van der Waals surface area contributed by atoms with Crippen molar-refractivity contribution in [1.29, 1.82) is 0 Å². The van der Waals surface area contributed by atoms with Crippen molar-refractivity contribution in [3.63, 3.8) is 0 Å². The summed E-state index contributed by atoms with van der Waals surface area (Å²) in [5.41, 5.74) is 3.06. The van der Waals surface area contributed by atoms with Crippen LogP contribution in [0, 0.1) is 11.6 Å². The number of carbonyl (C=O) groups excluding carboxylic acids is 2. The molecular formula is C29H26F2N10O2S. The molecule has 5 aromatic rings. The number of benzene rings is 1. The summed E-state index contributed by atoms with van der Waals surface area (Å²) in [4.78, 5) is 48.9. The van der Waals surface area contributed by atoms with Crippen molar-refractivity contribution in [1.82, 2.24) is 39.9 Å². The number of amides is 2. The molecule has 4 bridgehead atoms. The van der Waals surface area contributed by atoms with E-state index in [0.29, 0.717) is 71.4 Å². The van der Waals surface area contributed by atoms with Crippen LogP contribution in [0.3, 0.4) is 0 Å². The first-order valence-corrected chi connectivity index (χ1v) is 14.9.